The van der Waals surface area contributed by atoms with Crippen LogP contribution >= 0.6 is 0 Å². The van der Waals surface area contributed by atoms with Gasteiger partial charge in [0, 0.05) is 31.1 Å². The van der Waals surface area contributed by atoms with Crippen LogP contribution in [0.2, 0.25) is 0 Å². The predicted molar refractivity (Wildman–Crippen MR) is 236 cm³/mol. The molecule has 0 bridgehead atoms. The molecule has 0 saturated heterocycles. The van der Waals surface area contributed by atoms with Gasteiger partial charge in [0.15, 0.2) is 5.60 Å². The molecule has 0 aromatic heterocycles. The number of fused-ring (bicyclic) bond motifs is 10. The van der Waals surface area contributed by atoms with Crippen molar-refractivity contribution in [2.75, 3.05) is 13.2 Å². The number of carbonyl (C=O) groups is 5. The van der Waals surface area contributed by atoms with Crippen LogP contribution < -0.4 is 0 Å². The Bertz CT molecular complexity index is 1900. The normalized spacial score (nSPS) is 42.4. The smallest absolute Gasteiger partial charge is 0.420 e. The van der Waals surface area contributed by atoms with Gasteiger partial charge in [0.1, 0.15) is 17.0 Å². The van der Waals surface area contributed by atoms with Crippen LogP contribution in [0.3, 0.4) is 0 Å². The zero-order valence-electron chi connectivity index (χ0n) is 39.9. The Kier molecular flexibility index (Phi) is 15.2. The first-order chi connectivity index (χ1) is 30.2. The van der Waals surface area contributed by atoms with Crippen LogP contribution in [0.5, 0.6) is 0 Å². The highest BCUT2D eigenvalue weighted by Gasteiger charge is 2.69. The Morgan fingerprint density at radius 3 is 1.67 bits per heavy atom. The minimum absolute atomic E-state index is 0.00503. The van der Waals surface area contributed by atoms with Crippen molar-refractivity contribution in [3.63, 3.8) is 0 Å². The Labute approximate surface area is 380 Å². The number of hydrogen-bond donors (Lipinski definition) is 1. The van der Waals surface area contributed by atoms with Crippen molar-refractivity contribution in [2.45, 2.75) is 188 Å². The van der Waals surface area contributed by atoms with Crippen LogP contribution in [-0.2, 0) is 42.9 Å². The van der Waals surface area contributed by atoms with Crippen molar-refractivity contribution in [1.29, 1.82) is 0 Å². The molecule has 0 aliphatic heterocycles. The summed E-state index contributed by atoms with van der Waals surface area (Å²) in [7, 11) is 0. The summed E-state index contributed by atoms with van der Waals surface area (Å²) in [6.45, 7) is 15.4. The molecule has 14 heteroatoms. The summed E-state index contributed by atoms with van der Waals surface area (Å²) in [6, 6.07) is 0. The number of aliphatic hydroxyl groups is 1. The summed E-state index contributed by atoms with van der Waals surface area (Å²) in [5.41, 5.74) is 14.6. The van der Waals surface area contributed by atoms with E-state index < -0.39 is 23.0 Å². The Morgan fingerprint density at radius 2 is 1.17 bits per heavy atom. The van der Waals surface area contributed by atoms with Gasteiger partial charge < -0.3 is 35.1 Å². The minimum atomic E-state index is -1.46. The Balaban J connectivity index is 0.000000187. The quantitative estimate of drug-likeness (QED) is 0.0848. The van der Waals surface area contributed by atoms with Crippen molar-refractivity contribution in [3.05, 3.63) is 11.1 Å². The van der Waals surface area contributed by atoms with E-state index in [0.29, 0.717) is 66.5 Å². The van der Waals surface area contributed by atoms with Gasteiger partial charge in [-0.2, -0.15) is 9.58 Å². The third kappa shape index (κ3) is 9.58. The van der Waals surface area contributed by atoms with Crippen LogP contribution in [0.1, 0.15) is 171 Å². The molecular formula is C50H76N4O10. The molecule has 8 fully saturated rings. The molecule has 8 rings (SSSR count). The van der Waals surface area contributed by atoms with Crippen molar-refractivity contribution in [1.82, 2.24) is 0 Å². The van der Waals surface area contributed by atoms with E-state index in [4.69, 9.17) is 19.7 Å². The molecule has 64 heavy (non-hydrogen) atoms. The second kappa shape index (κ2) is 19.6. The summed E-state index contributed by atoms with van der Waals surface area (Å²) in [4.78, 5) is 63.8. The standard InChI is InChI=1S/C25H38N2O5.C21H32O3.C4H6N2O2/c1-5-31-22(29)21(27-26)25(30)13-10-20-19-7-6-16-14-23(3,32-15(2)28)11-8-17(16)18(19)9-12-24(20,25)4;1-13(22)24-20(2)10-8-15-14(12-20)4-5-17-16(15)9-11-21(3)18(17)6-7-19(21)23;1-2-8-4(7)3-6-5/h16-20,30H,5-14H2,1-4H3;14-18H,4-12H2,1-3H3;3H,2H2,1H3/t16-,17+,18-,19-,20+,23-,24+,25?;14-,15+,16-,17-,18+,20-,21+;/m11./s1. The number of carbonyl (C=O) groups excluding carboxylic acids is 5. The molecule has 0 heterocycles. The monoisotopic (exact) mass is 893 g/mol. The molecule has 8 aliphatic rings. The summed E-state index contributed by atoms with van der Waals surface area (Å²) in [5.74, 6) is 5.21. The van der Waals surface area contributed by atoms with Gasteiger partial charge in [0.05, 0.1) is 13.2 Å². The molecule has 8 aliphatic carbocycles. The minimum Gasteiger partial charge on any atom is -0.460 e. The van der Waals surface area contributed by atoms with Gasteiger partial charge in [0.2, 0.25) is 0 Å². The first-order valence-electron chi connectivity index (χ1n) is 24.6. The molecule has 0 aromatic rings. The van der Waals surface area contributed by atoms with Gasteiger partial charge in [-0.3, -0.25) is 14.4 Å². The molecule has 14 nitrogen and oxygen atoms in total. The number of rotatable bonds is 7. The van der Waals surface area contributed by atoms with Gasteiger partial charge in [0.25, 0.3) is 0 Å². The van der Waals surface area contributed by atoms with Crippen LogP contribution in [0.25, 0.3) is 11.1 Å². The fraction of sp³-hybridized carbons (Fsp3) is 0.860. The van der Waals surface area contributed by atoms with E-state index in [1.165, 1.54) is 39.5 Å². The second-order valence-corrected chi connectivity index (χ2v) is 21.9. The first-order valence-corrected chi connectivity index (χ1v) is 24.6. The highest BCUT2D eigenvalue weighted by atomic mass is 16.6. The van der Waals surface area contributed by atoms with E-state index in [1.807, 2.05) is 0 Å². The second-order valence-electron chi connectivity index (χ2n) is 21.9. The number of nitrogens with zero attached hydrogens (tertiary/aromatic N) is 4. The highest BCUT2D eigenvalue weighted by molar-refractivity contribution is 6.37. The van der Waals surface area contributed by atoms with Crippen LogP contribution in [0, 0.1) is 70.0 Å². The van der Waals surface area contributed by atoms with Crippen molar-refractivity contribution in [2.24, 2.45) is 70.0 Å². The van der Waals surface area contributed by atoms with E-state index in [9.17, 15) is 34.6 Å². The molecule has 0 radical (unpaired) electrons. The lowest BCUT2D eigenvalue weighted by Gasteiger charge is -2.57. The number of hydrogen-bond acceptors (Lipinski definition) is 10. The average Bonchev–Trinajstić information content (AvgIpc) is 3.68. The van der Waals surface area contributed by atoms with Gasteiger partial charge in [-0.1, -0.05) is 13.8 Å². The molecule has 1 N–H and O–H groups in total. The Morgan fingerprint density at radius 1 is 0.656 bits per heavy atom. The van der Waals surface area contributed by atoms with E-state index >= 15 is 0 Å². The number of Topliss-reactive ketones (excluding diaryl/α,β-unsaturated/α-hetero) is 1. The fourth-order valence-electron chi connectivity index (χ4n) is 15.9. The van der Waals surface area contributed by atoms with Gasteiger partial charge in [-0.25, -0.2) is 9.59 Å². The highest BCUT2D eigenvalue weighted by Crippen LogP contribution is 2.66. The third-order valence-corrected chi connectivity index (χ3v) is 18.5. The molecule has 1 unspecified atom stereocenters. The zero-order chi connectivity index (χ0) is 46.8. The Hall–Kier alpha value is -3.73. The maximum atomic E-state index is 12.5. The molecule has 0 amide bonds. The fourth-order valence-corrected chi connectivity index (χ4v) is 15.9. The summed E-state index contributed by atoms with van der Waals surface area (Å²) in [5, 5.41) is 11.7. The van der Waals surface area contributed by atoms with Crippen molar-refractivity contribution in [3.8, 4) is 0 Å². The van der Waals surface area contributed by atoms with Crippen molar-refractivity contribution < 1.29 is 57.6 Å². The van der Waals surface area contributed by atoms with E-state index in [0.717, 1.165) is 101 Å². The maximum Gasteiger partial charge on any atom is 0.420 e. The van der Waals surface area contributed by atoms with Crippen LogP contribution in [0.4, 0.5) is 0 Å². The first kappa shape index (κ1) is 49.7. The topological polar surface area (TPSA) is 215 Å². The van der Waals surface area contributed by atoms with E-state index in [-0.39, 0.29) is 40.9 Å². The molecule has 0 spiro atoms. The number of ketones is 1. The maximum absolute atomic E-state index is 12.5. The average molecular weight is 893 g/mol. The van der Waals surface area contributed by atoms with Gasteiger partial charge in [-0.15, -0.1) is 0 Å². The summed E-state index contributed by atoms with van der Waals surface area (Å²) >= 11 is 0. The molecule has 8 saturated carbocycles. The SMILES string of the molecule is CC(=O)O[C@]1(C)CC[C@H]2[C@H](CC[C@@H]3[C@@H]2CC[C@]2(C)C(=O)CC[C@@H]32)C1.CCOC(=O)C(=[N+]=[N-])C1(O)CC[C@H]2[C@@H]3CC[C@@H]4C[C@](C)(OC(C)=O)CC[C@@H]4[C@H]3CC[C@@]21C.CCOC(=O)C=[N+]=[N-]. The molecule has 0 aromatic carbocycles. The van der Waals surface area contributed by atoms with Crippen LogP contribution in [0.15, 0.2) is 0 Å². The molecular weight excluding hydrogens is 817 g/mol. The zero-order valence-corrected chi connectivity index (χ0v) is 39.9. The predicted octanol–water partition coefficient (Wildman–Crippen LogP) is 8.31. The summed E-state index contributed by atoms with van der Waals surface area (Å²) < 4.78 is 20.8. The lowest BCUT2D eigenvalue weighted by Crippen LogP contribution is -2.59. The van der Waals surface area contributed by atoms with Crippen molar-refractivity contribution >= 4 is 41.6 Å². The van der Waals surface area contributed by atoms with Crippen LogP contribution in [-0.4, -0.2) is 86.3 Å². The largest absolute Gasteiger partial charge is 0.460 e. The number of esters is 4. The van der Waals surface area contributed by atoms with E-state index in [2.05, 4.69) is 42.0 Å². The summed E-state index contributed by atoms with van der Waals surface area (Å²) in [6.07, 6.45) is 19.0. The van der Waals surface area contributed by atoms with Gasteiger partial charge >= 0.3 is 35.8 Å². The van der Waals surface area contributed by atoms with E-state index in [1.54, 1.807) is 13.8 Å². The molecule has 356 valence electrons. The third-order valence-electron chi connectivity index (χ3n) is 18.5. The molecule has 15 atom stereocenters. The number of ether oxygens (including phenoxy) is 4. The lowest BCUT2D eigenvalue weighted by molar-refractivity contribution is -0.169. The lowest BCUT2D eigenvalue weighted by atomic mass is 9.48. The van der Waals surface area contributed by atoms with Gasteiger partial charge in [-0.05, 0) is 196 Å².